The van der Waals surface area contributed by atoms with Crippen molar-refractivity contribution < 1.29 is 10.5 Å². The van der Waals surface area contributed by atoms with Crippen LogP contribution in [0.3, 0.4) is 0 Å². The molecule has 0 saturated heterocycles. The van der Waals surface area contributed by atoms with Crippen molar-refractivity contribution in [3.63, 3.8) is 0 Å². The van der Waals surface area contributed by atoms with Crippen LogP contribution in [0, 0.1) is 27.7 Å². The second-order valence-corrected chi connectivity index (χ2v) is 17.8. The van der Waals surface area contributed by atoms with Crippen LogP contribution in [0.1, 0.15) is 23.6 Å². The van der Waals surface area contributed by atoms with Crippen molar-refractivity contribution in [1.29, 1.82) is 0 Å². The summed E-state index contributed by atoms with van der Waals surface area (Å²) in [5.74, 6) is 0. The van der Waals surface area contributed by atoms with Crippen LogP contribution in [0.2, 0.25) is 0 Å². The highest BCUT2D eigenvalue weighted by Gasteiger charge is 2.29. The summed E-state index contributed by atoms with van der Waals surface area (Å²) in [6, 6.07) is 36.4. The van der Waals surface area contributed by atoms with E-state index in [-0.39, 0.29) is 0 Å². The van der Waals surface area contributed by atoms with Gasteiger partial charge in [0, 0.05) is 31.9 Å². The predicted molar refractivity (Wildman–Crippen MR) is 199 cm³/mol. The molecule has 1 unspecified atom stereocenters. The maximum atomic E-state index is 15.3. The summed E-state index contributed by atoms with van der Waals surface area (Å²) in [4.78, 5) is 0.834. The topological polar surface area (TPSA) is 34.1 Å². The first-order valence-corrected chi connectivity index (χ1v) is 20.0. The van der Waals surface area contributed by atoms with Crippen molar-refractivity contribution in [3.8, 4) is 43.8 Å². The molecule has 6 rings (SSSR count). The normalized spacial score (nSPS) is 12.6. The molecule has 0 bridgehead atoms. The van der Waals surface area contributed by atoms with Crippen LogP contribution in [-0.2, 0) is 9.13 Å². The van der Waals surface area contributed by atoms with E-state index in [4.69, 9.17) is 0 Å². The number of rotatable bonds is 7. The van der Waals surface area contributed by atoms with E-state index in [1.165, 1.54) is 11.3 Å². The van der Waals surface area contributed by atoms with Crippen LogP contribution in [0.5, 0.6) is 0 Å². The maximum Gasteiger partial charge on any atom is 0.134 e. The zero-order chi connectivity index (χ0) is 32.7. The van der Waals surface area contributed by atoms with Crippen LogP contribution < -0.4 is 15.9 Å². The third kappa shape index (κ3) is 5.86. The van der Waals surface area contributed by atoms with E-state index in [2.05, 4.69) is 82.3 Å². The van der Waals surface area contributed by atoms with E-state index in [9.17, 15) is 5.94 Å². The van der Waals surface area contributed by atoms with Crippen molar-refractivity contribution in [2.24, 2.45) is 0 Å². The lowest BCUT2D eigenvalue weighted by Gasteiger charge is -2.22. The average Bonchev–Trinajstić information content (AvgIpc) is 3.37. The highest BCUT2D eigenvalue weighted by Crippen LogP contribution is 2.49. The zero-order valence-corrected chi connectivity index (χ0v) is 29.3. The lowest BCUT2D eigenvalue weighted by molar-refractivity contribution is 0.588. The predicted octanol–water partition coefficient (Wildman–Crippen LogP) is 10.4. The van der Waals surface area contributed by atoms with Gasteiger partial charge in [0.2, 0.25) is 0 Å². The van der Waals surface area contributed by atoms with Crippen LogP contribution >= 0.6 is 26.3 Å². The Balaban J connectivity index is 1.80. The van der Waals surface area contributed by atoms with E-state index >= 15 is 4.57 Å². The van der Waals surface area contributed by atoms with E-state index in [1.807, 2.05) is 54.6 Å². The fourth-order valence-electron chi connectivity index (χ4n) is 6.48. The van der Waals surface area contributed by atoms with E-state index < -0.39 is 14.9 Å². The number of hydrogen-bond donors (Lipinski definition) is 0. The molecule has 1 atom stereocenters. The Morgan fingerprint density at radius 3 is 1.62 bits per heavy atom. The van der Waals surface area contributed by atoms with E-state index in [1.54, 1.807) is 13.3 Å². The lowest BCUT2D eigenvalue weighted by Crippen LogP contribution is -2.24. The molecule has 6 aromatic rings. The lowest BCUT2D eigenvalue weighted by atomic mass is 9.85. The summed E-state index contributed by atoms with van der Waals surface area (Å²) >= 11 is 1.39. The summed E-state index contributed by atoms with van der Waals surface area (Å²) in [6.07, 6.45) is 0. The molecule has 0 fully saturated rings. The Bertz CT molecular complexity index is 2070. The van der Waals surface area contributed by atoms with E-state index in [0.29, 0.717) is 26.8 Å². The molecule has 5 aromatic carbocycles. The molecule has 0 aliphatic rings. The third-order valence-electron chi connectivity index (χ3n) is 8.54. The quantitative estimate of drug-likeness (QED) is 0.162. The fourth-order valence-corrected chi connectivity index (χ4v) is 11.8. The average molecular weight is 646 g/mol. The molecule has 0 spiro atoms. The molecule has 0 saturated carbocycles. The van der Waals surface area contributed by atoms with Gasteiger partial charge in [-0.25, -0.2) is 0 Å². The number of hydrogen-bond acceptors (Lipinski definition) is 3. The van der Waals surface area contributed by atoms with Gasteiger partial charge < -0.3 is 9.13 Å². The summed E-state index contributed by atoms with van der Waals surface area (Å²) in [5.41, 5.74) is 11.5. The Morgan fingerprint density at radius 2 is 1.09 bits per heavy atom. The maximum absolute atomic E-state index is 15.3. The van der Waals surface area contributed by atoms with Gasteiger partial charge in [-0.15, -0.1) is 11.3 Å². The second kappa shape index (κ2) is 12.6. The number of thiophene rings is 1. The Kier molecular flexibility index (Phi) is 8.36. The molecule has 0 N–H and O–H groups in total. The summed E-state index contributed by atoms with van der Waals surface area (Å²) < 4.78 is 38.2. The van der Waals surface area contributed by atoms with Gasteiger partial charge in [0.05, 0.1) is 1.37 Å². The molecule has 5 heteroatoms. The number of benzene rings is 5. The summed E-state index contributed by atoms with van der Waals surface area (Å²) in [5, 5.41) is 2.28. The van der Waals surface area contributed by atoms with Gasteiger partial charge in [-0.2, -0.15) is 0 Å². The first-order chi connectivity index (χ1) is 22.0. The molecule has 0 amide bonds. The standard InChI is InChI=1S/C40H38O2P2S/c1-26-15-12-16-27(2)36(26)31-21-14-22-32(37-28(3)17-13-18-29(37)4)38(31)40-39(33(25-45-40)30-19-8-7-9-20-30)43(41)34-23-10-11-24-35(34)44(5,6)42/h7-25,43H,1-6H3/i25D. The Morgan fingerprint density at radius 1 is 0.600 bits per heavy atom. The van der Waals surface area contributed by atoms with Crippen LogP contribution in [-0.4, -0.2) is 13.3 Å². The molecular formula is C40H38O2P2S. The third-order valence-corrected chi connectivity index (χ3v) is 13.3. The van der Waals surface area contributed by atoms with Crippen LogP contribution in [0.25, 0.3) is 43.8 Å². The van der Waals surface area contributed by atoms with Crippen molar-refractivity contribution in [1.82, 2.24) is 0 Å². The van der Waals surface area contributed by atoms with Crippen molar-refractivity contribution >= 4 is 42.2 Å². The molecule has 2 nitrogen and oxygen atoms in total. The van der Waals surface area contributed by atoms with E-state index in [0.717, 1.165) is 60.5 Å². The molecule has 1 heterocycles. The molecule has 1 aromatic heterocycles. The van der Waals surface area contributed by atoms with Crippen LogP contribution in [0.15, 0.2) is 115 Å². The minimum absolute atomic E-state index is 0.368. The highest BCUT2D eigenvalue weighted by atomic mass is 32.1. The van der Waals surface area contributed by atoms with Gasteiger partial charge in [-0.05, 0) is 96.5 Å². The monoisotopic (exact) mass is 645 g/mol. The summed E-state index contributed by atoms with van der Waals surface area (Å²) in [6.45, 7) is 12.0. The molecule has 226 valence electrons. The Labute approximate surface area is 273 Å². The molecule has 0 aliphatic heterocycles. The Hall–Kier alpha value is -3.74. The molecule has 0 aliphatic carbocycles. The first kappa shape index (κ1) is 29.9. The number of aryl methyl sites for hydroxylation is 4. The van der Waals surface area contributed by atoms with Crippen molar-refractivity contribution in [2.45, 2.75) is 27.7 Å². The minimum Gasteiger partial charge on any atom is -0.319 e. The minimum atomic E-state index is -2.76. The van der Waals surface area contributed by atoms with Gasteiger partial charge in [0.1, 0.15) is 14.9 Å². The van der Waals surface area contributed by atoms with Gasteiger partial charge in [-0.3, -0.25) is 0 Å². The van der Waals surface area contributed by atoms with Gasteiger partial charge in [0.15, 0.2) is 0 Å². The smallest absolute Gasteiger partial charge is 0.134 e. The highest BCUT2D eigenvalue weighted by molar-refractivity contribution is 7.73. The van der Waals surface area contributed by atoms with Crippen LogP contribution in [0.4, 0.5) is 0 Å². The van der Waals surface area contributed by atoms with Crippen molar-refractivity contribution in [3.05, 3.63) is 137 Å². The fraction of sp³-hybridized carbons (Fsp3) is 0.150. The molecule has 0 radical (unpaired) electrons. The van der Waals surface area contributed by atoms with Crippen molar-refractivity contribution in [2.75, 3.05) is 13.3 Å². The second-order valence-electron chi connectivity index (χ2n) is 12.1. The van der Waals surface area contributed by atoms with Gasteiger partial charge in [-0.1, -0.05) is 109 Å². The zero-order valence-electron chi connectivity index (χ0n) is 27.6. The molecular weight excluding hydrogens is 606 g/mol. The van der Waals surface area contributed by atoms with Gasteiger partial charge >= 0.3 is 0 Å². The SMILES string of the molecule is [2H]c1sc(-c2c(-c3c(C)cccc3C)cccc2-c2c(C)cccc2C)c([PH](=O)c2ccccc2P(C)(C)=O)c1-c1ccccc1. The largest absolute Gasteiger partial charge is 0.319 e. The molecule has 45 heavy (non-hydrogen) atoms. The first-order valence-electron chi connectivity index (χ1n) is 15.6. The van der Waals surface area contributed by atoms with Gasteiger partial charge in [0.25, 0.3) is 0 Å². The summed E-state index contributed by atoms with van der Waals surface area (Å²) in [7, 11) is -5.51.